The number of hydrogen-bond acceptors (Lipinski definition) is 3. The van der Waals surface area contributed by atoms with Gasteiger partial charge in [0.15, 0.2) is 5.78 Å². The van der Waals surface area contributed by atoms with Crippen LogP contribution in [0.15, 0.2) is 36.4 Å². The third-order valence-electron chi connectivity index (χ3n) is 6.98. The van der Waals surface area contributed by atoms with E-state index in [9.17, 15) is 20.0 Å². The van der Waals surface area contributed by atoms with Crippen molar-refractivity contribution in [3.05, 3.63) is 69.9 Å². The fraction of sp³-hybridized carbons (Fsp3) is 0.320. The Morgan fingerprint density at radius 2 is 1.94 bits per heavy atom. The van der Waals surface area contributed by atoms with Crippen molar-refractivity contribution in [2.45, 2.75) is 38.0 Å². The molecule has 1 aromatic heterocycles. The summed E-state index contributed by atoms with van der Waals surface area (Å²) >= 11 is 0. The van der Waals surface area contributed by atoms with Crippen LogP contribution in [0.5, 0.6) is 0 Å². The molecule has 156 valence electrons. The van der Waals surface area contributed by atoms with E-state index in [1.807, 2.05) is 12.1 Å². The van der Waals surface area contributed by atoms with Gasteiger partial charge in [0.25, 0.3) is 0 Å². The second-order valence-electron chi connectivity index (χ2n) is 9.05. The SMILES string of the molecule is CC1(C)c2ccc(C3CCN(C(=O)O)CC3)cc2C(=O)c2c1[nH]c1cc(C#N)ccc21. The van der Waals surface area contributed by atoms with Gasteiger partial charge in [-0.1, -0.05) is 32.0 Å². The molecule has 5 rings (SSSR count). The molecule has 0 bridgehead atoms. The van der Waals surface area contributed by atoms with E-state index in [0.717, 1.165) is 46.1 Å². The zero-order valence-electron chi connectivity index (χ0n) is 17.5. The van der Waals surface area contributed by atoms with Crippen LogP contribution in [0.2, 0.25) is 0 Å². The minimum Gasteiger partial charge on any atom is -0.465 e. The van der Waals surface area contributed by atoms with Gasteiger partial charge in [-0.05, 0) is 48.1 Å². The first kappa shape index (κ1) is 19.4. The van der Waals surface area contributed by atoms with Crippen molar-refractivity contribution in [1.29, 1.82) is 5.26 Å². The number of benzene rings is 2. The van der Waals surface area contributed by atoms with Crippen molar-refractivity contribution in [3.8, 4) is 6.07 Å². The second kappa shape index (κ2) is 6.71. The lowest BCUT2D eigenvalue weighted by atomic mass is 9.70. The summed E-state index contributed by atoms with van der Waals surface area (Å²) in [4.78, 5) is 29.7. The predicted molar refractivity (Wildman–Crippen MR) is 117 cm³/mol. The van der Waals surface area contributed by atoms with Gasteiger partial charge in [0.2, 0.25) is 0 Å². The molecule has 0 atom stereocenters. The summed E-state index contributed by atoms with van der Waals surface area (Å²) in [6.07, 6.45) is 0.655. The third-order valence-corrected chi connectivity index (χ3v) is 6.98. The smallest absolute Gasteiger partial charge is 0.407 e. The number of ketones is 1. The molecule has 1 aliphatic carbocycles. The highest BCUT2D eigenvalue weighted by atomic mass is 16.4. The fourth-order valence-corrected chi connectivity index (χ4v) is 5.19. The number of amides is 1. The summed E-state index contributed by atoms with van der Waals surface area (Å²) in [5.74, 6) is 0.254. The second-order valence-corrected chi connectivity index (χ2v) is 9.05. The fourth-order valence-electron chi connectivity index (χ4n) is 5.19. The molecule has 2 heterocycles. The number of nitriles is 1. The molecule has 0 radical (unpaired) electrons. The van der Waals surface area contributed by atoms with Crippen molar-refractivity contribution >= 4 is 22.8 Å². The van der Waals surface area contributed by atoms with Gasteiger partial charge in [0, 0.05) is 40.7 Å². The summed E-state index contributed by atoms with van der Waals surface area (Å²) < 4.78 is 0. The predicted octanol–water partition coefficient (Wildman–Crippen LogP) is 4.77. The average molecular weight is 413 g/mol. The van der Waals surface area contributed by atoms with Crippen LogP contribution in [0.3, 0.4) is 0 Å². The topological polar surface area (TPSA) is 97.2 Å². The largest absolute Gasteiger partial charge is 0.465 e. The molecule has 2 aliphatic rings. The number of aromatic nitrogens is 1. The molecule has 6 nitrogen and oxygen atoms in total. The third kappa shape index (κ3) is 2.84. The molecule has 1 saturated heterocycles. The molecule has 2 N–H and O–H groups in total. The quantitative estimate of drug-likeness (QED) is 0.601. The van der Waals surface area contributed by atoms with Crippen LogP contribution < -0.4 is 0 Å². The molecule has 1 fully saturated rings. The van der Waals surface area contributed by atoms with Gasteiger partial charge in [-0.15, -0.1) is 0 Å². The van der Waals surface area contributed by atoms with Crippen molar-refractivity contribution in [1.82, 2.24) is 9.88 Å². The minimum atomic E-state index is -0.868. The van der Waals surface area contributed by atoms with E-state index in [1.165, 1.54) is 4.90 Å². The van der Waals surface area contributed by atoms with Gasteiger partial charge in [-0.2, -0.15) is 5.26 Å². The Hall–Kier alpha value is -3.59. The Balaban J connectivity index is 1.58. The zero-order valence-corrected chi connectivity index (χ0v) is 17.5. The molecule has 31 heavy (non-hydrogen) atoms. The van der Waals surface area contributed by atoms with Gasteiger partial charge in [-0.3, -0.25) is 4.79 Å². The standard InChI is InChI=1S/C25H23N3O3/c1-25(2)19-6-4-16(15-7-9-28(10-8-15)24(30)31)12-18(19)22(29)21-17-5-3-14(13-26)11-20(17)27-23(21)25/h3-6,11-12,15,27H,7-10H2,1-2H3,(H,30,31). The number of carbonyl (C=O) groups is 2. The van der Waals surface area contributed by atoms with E-state index >= 15 is 0 Å². The molecule has 6 heteroatoms. The maximum atomic E-state index is 13.6. The van der Waals surface area contributed by atoms with Gasteiger partial charge >= 0.3 is 6.09 Å². The van der Waals surface area contributed by atoms with E-state index in [1.54, 1.807) is 12.1 Å². The van der Waals surface area contributed by atoms with Crippen LogP contribution in [0.4, 0.5) is 4.79 Å². The summed E-state index contributed by atoms with van der Waals surface area (Å²) in [6.45, 7) is 5.26. The highest BCUT2D eigenvalue weighted by molar-refractivity contribution is 6.20. The monoisotopic (exact) mass is 413 g/mol. The van der Waals surface area contributed by atoms with Crippen molar-refractivity contribution < 1.29 is 14.7 Å². The minimum absolute atomic E-state index is 0.00473. The van der Waals surface area contributed by atoms with Crippen LogP contribution in [0.25, 0.3) is 10.9 Å². The van der Waals surface area contributed by atoms with Crippen LogP contribution in [-0.4, -0.2) is 40.0 Å². The number of carboxylic acid groups (broad SMARTS) is 1. The van der Waals surface area contributed by atoms with Crippen LogP contribution >= 0.6 is 0 Å². The normalized spacial score (nSPS) is 17.8. The number of aromatic amines is 1. The first-order chi connectivity index (χ1) is 14.8. The lowest BCUT2D eigenvalue weighted by molar-refractivity contribution is 0.103. The Morgan fingerprint density at radius 1 is 1.19 bits per heavy atom. The van der Waals surface area contributed by atoms with E-state index in [-0.39, 0.29) is 17.1 Å². The first-order valence-corrected chi connectivity index (χ1v) is 10.5. The summed E-state index contributed by atoms with van der Waals surface area (Å²) in [6, 6.07) is 13.7. The summed E-state index contributed by atoms with van der Waals surface area (Å²) in [5.41, 5.74) is 5.37. The van der Waals surface area contributed by atoms with Gasteiger partial charge in [0.1, 0.15) is 0 Å². The van der Waals surface area contributed by atoms with E-state index in [2.05, 4.69) is 37.0 Å². The number of nitrogens with zero attached hydrogens (tertiary/aromatic N) is 2. The first-order valence-electron chi connectivity index (χ1n) is 10.5. The van der Waals surface area contributed by atoms with Crippen LogP contribution in [0, 0.1) is 11.3 Å². The molecule has 2 aromatic carbocycles. The molecule has 3 aromatic rings. The maximum Gasteiger partial charge on any atom is 0.407 e. The number of likely N-dealkylation sites (tertiary alicyclic amines) is 1. The number of fused-ring (bicyclic) bond motifs is 4. The number of H-pyrrole nitrogens is 1. The van der Waals surface area contributed by atoms with Crippen LogP contribution in [-0.2, 0) is 5.41 Å². The number of piperidine rings is 1. The highest BCUT2D eigenvalue weighted by Crippen LogP contribution is 2.44. The Morgan fingerprint density at radius 3 is 2.61 bits per heavy atom. The summed E-state index contributed by atoms with van der Waals surface area (Å²) in [5, 5.41) is 19.3. The molecule has 1 aliphatic heterocycles. The van der Waals surface area contributed by atoms with Crippen molar-refractivity contribution in [2.75, 3.05) is 13.1 Å². The number of carbonyl (C=O) groups excluding carboxylic acids is 1. The molecule has 0 unspecified atom stereocenters. The van der Waals surface area contributed by atoms with E-state index in [0.29, 0.717) is 24.2 Å². The van der Waals surface area contributed by atoms with E-state index in [4.69, 9.17) is 0 Å². The van der Waals surface area contributed by atoms with Gasteiger partial charge in [-0.25, -0.2) is 4.79 Å². The Labute approximate surface area is 180 Å². The lowest BCUT2D eigenvalue weighted by Gasteiger charge is -2.34. The van der Waals surface area contributed by atoms with E-state index < -0.39 is 6.09 Å². The zero-order chi connectivity index (χ0) is 21.9. The average Bonchev–Trinajstić information content (AvgIpc) is 3.17. The maximum absolute atomic E-state index is 13.6. The van der Waals surface area contributed by atoms with Crippen molar-refractivity contribution in [3.63, 3.8) is 0 Å². The van der Waals surface area contributed by atoms with Gasteiger partial charge in [0.05, 0.1) is 17.2 Å². The number of nitrogens with one attached hydrogen (secondary N) is 1. The molecular formula is C25H23N3O3. The molecule has 1 amide bonds. The van der Waals surface area contributed by atoms with Gasteiger partial charge < -0.3 is 15.0 Å². The van der Waals surface area contributed by atoms with Crippen LogP contribution in [0.1, 0.15) is 70.9 Å². The number of hydrogen-bond donors (Lipinski definition) is 2. The Kier molecular flexibility index (Phi) is 4.19. The lowest BCUT2D eigenvalue weighted by Crippen LogP contribution is -2.37. The molecular weight excluding hydrogens is 390 g/mol. The highest BCUT2D eigenvalue weighted by Gasteiger charge is 2.40. The Bertz CT molecular complexity index is 1290. The molecule has 0 spiro atoms. The van der Waals surface area contributed by atoms with Crippen molar-refractivity contribution in [2.24, 2.45) is 0 Å². The molecule has 0 saturated carbocycles. The number of rotatable bonds is 1. The summed E-state index contributed by atoms with van der Waals surface area (Å²) in [7, 11) is 0.